The Labute approximate surface area is 185 Å². The van der Waals surface area contributed by atoms with Gasteiger partial charge in [0.15, 0.2) is 0 Å². The number of nitrogens with zero attached hydrogens (tertiary/aromatic N) is 2. The number of hydrogen-bond acceptors (Lipinski definition) is 3. The lowest BCUT2D eigenvalue weighted by atomic mass is 9.64. The Hall–Kier alpha value is -2.98. The molecule has 1 aliphatic rings. The first-order valence-electron chi connectivity index (χ1n) is 11.1. The predicted molar refractivity (Wildman–Crippen MR) is 124 cm³/mol. The van der Waals surface area contributed by atoms with Crippen molar-refractivity contribution >= 4 is 5.91 Å². The molecule has 1 amide bonds. The standard InChI is InChI=1S/C27H31N3O/c1-20-10-9-15-24(29-20)19-30(2)25-17-16-23(18-25)27(26(28)31,21-11-5-3-6-12-21)22-13-7-4-8-14-22/h3-15,23,25H,16-19H2,1-2H3,(H2,28,31). The van der Waals surface area contributed by atoms with Gasteiger partial charge in [0.1, 0.15) is 5.41 Å². The molecule has 1 saturated carbocycles. The monoisotopic (exact) mass is 413 g/mol. The van der Waals surface area contributed by atoms with Gasteiger partial charge in [-0.25, -0.2) is 0 Å². The minimum atomic E-state index is -0.820. The number of carbonyl (C=O) groups is 1. The molecule has 3 aromatic rings. The molecule has 1 fully saturated rings. The number of aromatic nitrogens is 1. The van der Waals surface area contributed by atoms with Crippen LogP contribution >= 0.6 is 0 Å². The summed E-state index contributed by atoms with van der Waals surface area (Å²) >= 11 is 0. The highest BCUT2D eigenvalue weighted by molar-refractivity contribution is 5.91. The van der Waals surface area contributed by atoms with Crippen LogP contribution in [0, 0.1) is 12.8 Å². The third-order valence-electron chi connectivity index (χ3n) is 6.84. The minimum Gasteiger partial charge on any atom is -0.369 e. The van der Waals surface area contributed by atoms with Crippen molar-refractivity contribution in [3.63, 3.8) is 0 Å². The van der Waals surface area contributed by atoms with Crippen molar-refractivity contribution in [3.8, 4) is 0 Å². The second-order valence-corrected chi connectivity index (χ2v) is 8.75. The molecule has 1 aromatic heterocycles. The first kappa shape index (κ1) is 21.3. The fourth-order valence-corrected chi connectivity index (χ4v) is 5.35. The summed E-state index contributed by atoms with van der Waals surface area (Å²) in [5, 5.41) is 0. The van der Waals surface area contributed by atoms with Gasteiger partial charge in [0.2, 0.25) is 5.91 Å². The van der Waals surface area contributed by atoms with E-state index in [9.17, 15) is 4.79 Å². The van der Waals surface area contributed by atoms with E-state index in [0.717, 1.165) is 48.3 Å². The van der Waals surface area contributed by atoms with Gasteiger partial charge in [-0.05, 0) is 62.4 Å². The molecule has 0 aliphatic heterocycles. The molecule has 1 heterocycles. The number of aryl methyl sites for hydroxylation is 1. The Balaban J connectivity index is 1.65. The second-order valence-electron chi connectivity index (χ2n) is 8.75. The van der Waals surface area contributed by atoms with E-state index in [1.54, 1.807) is 0 Å². The molecule has 160 valence electrons. The van der Waals surface area contributed by atoms with E-state index in [1.165, 1.54) is 0 Å². The highest BCUT2D eigenvalue weighted by Crippen LogP contribution is 2.47. The largest absolute Gasteiger partial charge is 0.369 e. The van der Waals surface area contributed by atoms with Crippen LogP contribution < -0.4 is 5.73 Å². The summed E-state index contributed by atoms with van der Waals surface area (Å²) in [5.41, 5.74) is 9.49. The average molecular weight is 414 g/mol. The molecule has 0 bridgehead atoms. The van der Waals surface area contributed by atoms with Gasteiger partial charge in [-0.15, -0.1) is 0 Å². The van der Waals surface area contributed by atoms with Gasteiger partial charge in [-0.1, -0.05) is 66.7 Å². The number of amides is 1. The normalized spacial score (nSPS) is 18.9. The zero-order valence-corrected chi connectivity index (χ0v) is 18.4. The molecule has 31 heavy (non-hydrogen) atoms. The molecular formula is C27H31N3O. The first-order chi connectivity index (χ1) is 15.0. The summed E-state index contributed by atoms with van der Waals surface area (Å²) < 4.78 is 0. The second kappa shape index (κ2) is 9.03. The van der Waals surface area contributed by atoms with Crippen molar-refractivity contribution in [2.45, 2.75) is 44.2 Å². The minimum absolute atomic E-state index is 0.146. The maximum absolute atomic E-state index is 13.2. The molecular weight excluding hydrogens is 382 g/mol. The Morgan fingerprint density at radius 1 is 0.968 bits per heavy atom. The molecule has 2 aromatic carbocycles. The van der Waals surface area contributed by atoms with Gasteiger partial charge in [-0.2, -0.15) is 0 Å². The Morgan fingerprint density at radius 3 is 2.13 bits per heavy atom. The van der Waals surface area contributed by atoms with Gasteiger partial charge >= 0.3 is 0 Å². The third kappa shape index (κ3) is 4.13. The van der Waals surface area contributed by atoms with Crippen LogP contribution in [-0.2, 0) is 16.8 Å². The van der Waals surface area contributed by atoms with E-state index in [2.05, 4.69) is 29.1 Å². The summed E-state index contributed by atoms with van der Waals surface area (Å²) in [5.74, 6) is -0.119. The molecule has 4 nitrogen and oxygen atoms in total. The van der Waals surface area contributed by atoms with Gasteiger partial charge in [-0.3, -0.25) is 14.7 Å². The predicted octanol–water partition coefficient (Wildman–Crippen LogP) is 4.46. The summed E-state index contributed by atoms with van der Waals surface area (Å²) in [7, 11) is 2.16. The fourth-order valence-electron chi connectivity index (χ4n) is 5.35. The number of pyridine rings is 1. The van der Waals surface area contributed by atoms with E-state index >= 15 is 0 Å². The molecule has 1 aliphatic carbocycles. The molecule has 2 unspecified atom stereocenters. The Kier molecular flexibility index (Phi) is 6.19. The summed E-state index contributed by atoms with van der Waals surface area (Å²) in [6.07, 6.45) is 2.93. The number of nitrogens with two attached hydrogens (primary N) is 1. The average Bonchev–Trinajstić information content (AvgIpc) is 3.26. The number of hydrogen-bond donors (Lipinski definition) is 1. The van der Waals surface area contributed by atoms with E-state index in [4.69, 9.17) is 5.73 Å². The van der Waals surface area contributed by atoms with Crippen molar-refractivity contribution in [2.24, 2.45) is 11.7 Å². The molecule has 4 rings (SSSR count). The number of benzene rings is 2. The summed E-state index contributed by atoms with van der Waals surface area (Å²) in [4.78, 5) is 20.3. The molecule has 2 atom stereocenters. The van der Waals surface area contributed by atoms with Crippen LogP contribution in [0.25, 0.3) is 0 Å². The van der Waals surface area contributed by atoms with Crippen molar-refractivity contribution in [2.75, 3.05) is 7.05 Å². The smallest absolute Gasteiger partial charge is 0.232 e. The lowest BCUT2D eigenvalue weighted by molar-refractivity contribution is -0.123. The zero-order chi connectivity index (χ0) is 21.8. The quantitative estimate of drug-likeness (QED) is 0.622. The van der Waals surface area contributed by atoms with Gasteiger partial charge in [0, 0.05) is 18.3 Å². The van der Waals surface area contributed by atoms with Crippen LogP contribution in [0.1, 0.15) is 41.8 Å². The van der Waals surface area contributed by atoms with Crippen LogP contribution in [0.4, 0.5) is 0 Å². The molecule has 2 N–H and O–H groups in total. The van der Waals surface area contributed by atoms with Crippen molar-refractivity contribution in [1.29, 1.82) is 0 Å². The van der Waals surface area contributed by atoms with E-state index < -0.39 is 5.41 Å². The zero-order valence-electron chi connectivity index (χ0n) is 18.4. The van der Waals surface area contributed by atoms with Crippen LogP contribution in [0.5, 0.6) is 0 Å². The van der Waals surface area contributed by atoms with E-state index in [-0.39, 0.29) is 11.8 Å². The maximum Gasteiger partial charge on any atom is 0.232 e. The first-order valence-corrected chi connectivity index (χ1v) is 11.1. The summed E-state index contributed by atoms with van der Waals surface area (Å²) in [6, 6.07) is 26.7. The van der Waals surface area contributed by atoms with Crippen molar-refractivity contribution in [3.05, 3.63) is 101 Å². The molecule has 0 saturated heterocycles. The number of carbonyl (C=O) groups excluding carboxylic acids is 1. The highest BCUT2D eigenvalue weighted by Gasteiger charge is 2.50. The lowest BCUT2D eigenvalue weighted by Crippen LogP contribution is -2.48. The molecule has 0 spiro atoms. The van der Waals surface area contributed by atoms with Crippen LogP contribution in [0.15, 0.2) is 78.9 Å². The number of primary amides is 1. The third-order valence-corrected chi connectivity index (χ3v) is 6.84. The fraction of sp³-hybridized carbons (Fsp3) is 0.333. The van der Waals surface area contributed by atoms with Crippen LogP contribution in [0.2, 0.25) is 0 Å². The van der Waals surface area contributed by atoms with E-state index in [0.29, 0.717) is 6.04 Å². The Bertz CT molecular complexity index is 979. The maximum atomic E-state index is 13.2. The lowest BCUT2D eigenvalue weighted by Gasteiger charge is -2.38. The van der Waals surface area contributed by atoms with Crippen molar-refractivity contribution < 1.29 is 4.79 Å². The SMILES string of the molecule is Cc1cccc(CN(C)C2CCC(C(C(N)=O)(c3ccccc3)c3ccccc3)C2)n1. The van der Waals surface area contributed by atoms with Gasteiger partial charge in [0.05, 0.1) is 5.69 Å². The molecule has 4 heteroatoms. The Morgan fingerprint density at radius 2 is 1.58 bits per heavy atom. The van der Waals surface area contributed by atoms with E-state index in [1.807, 2.05) is 73.7 Å². The topological polar surface area (TPSA) is 59.2 Å². The highest BCUT2D eigenvalue weighted by atomic mass is 16.1. The molecule has 0 radical (unpaired) electrons. The number of rotatable bonds is 7. The summed E-state index contributed by atoms with van der Waals surface area (Å²) in [6.45, 7) is 2.83. The van der Waals surface area contributed by atoms with Crippen molar-refractivity contribution in [1.82, 2.24) is 9.88 Å². The van der Waals surface area contributed by atoms with Crippen LogP contribution in [-0.4, -0.2) is 28.9 Å². The van der Waals surface area contributed by atoms with Crippen LogP contribution in [0.3, 0.4) is 0 Å². The van der Waals surface area contributed by atoms with Gasteiger partial charge in [0.25, 0.3) is 0 Å². The van der Waals surface area contributed by atoms with Gasteiger partial charge < -0.3 is 5.73 Å².